The molecule has 2 rings (SSSR count). The fourth-order valence-corrected chi connectivity index (χ4v) is 1.68. The largest absolute Gasteiger partial charge is 0.494 e. The summed E-state index contributed by atoms with van der Waals surface area (Å²) in [4.78, 5) is 15.0. The van der Waals surface area contributed by atoms with Crippen LogP contribution in [-0.4, -0.2) is 17.9 Å². The molecule has 7 heteroatoms. The van der Waals surface area contributed by atoms with Gasteiger partial charge in [0, 0.05) is 6.42 Å². The van der Waals surface area contributed by atoms with Gasteiger partial charge < -0.3 is 9.15 Å². The third-order valence-corrected chi connectivity index (χ3v) is 2.59. The molecule has 0 fully saturated rings. The predicted molar refractivity (Wildman–Crippen MR) is 60.2 cm³/mol. The summed E-state index contributed by atoms with van der Waals surface area (Å²) < 4.78 is 47.4. The number of carbonyl (C=O) groups is 1. The molecule has 1 heterocycles. The number of oxazole rings is 1. The van der Waals surface area contributed by atoms with Crippen molar-refractivity contribution in [3.8, 4) is 5.75 Å². The first-order valence-electron chi connectivity index (χ1n) is 5.46. The molecule has 1 aromatic heterocycles. The summed E-state index contributed by atoms with van der Waals surface area (Å²) >= 11 is 0. The first kappa shape index (κ1) is 13.4. The number of fused-ring (bicyclic) bond motifs is 1. The highest BCUT2D eigenvalue weighted by Gasteiger charge is 2.38. The van der Waals surface area contributed by atoms with Gasteiger partial charge in [0.2, 0.25) is 0 Å². The number of aromatic nitrogens is 1. The molecule has 0 aliphatic rings. The summed E-state index contributed by atoms with van der Waals surface area (Å²) in [6.07, 6.45) is -4.56. The molecule has 4 nitrogen and oxygen atoms in total. The third kappa shape index (κ3) is 2.27. The fraction of sp³-hybridized carbons (Fsp3) is 0.333. The predicted octanol–water partition coefficient (Wildman–Crippen LogP) is 3.45. The molecule has 0 unspecified atom stereocenters. The van der Waals surface area contributed by atoms with Gasteiger partial charge in [0.1, 0.15) is 5.75 Å². The van der Waals surface area contributed by atoms with E-state index in [0.717, 1.165) is 0 Å². The number of hydrogen-bond donors (Lipinski definition) is 0. The molecule has 0 radical (unpaired) electrons. The molecule has 0 spiro atoms. The number of hydrogen-bond acceptors (Lipinski definition) is 4. The molecule has 0 bridgehead atoms. The van der Waals surface area contributed by atoms with Gasteiger partial charge in [-0.25, -0.2) is 4.98 Å². The number of rotatable bonds is 3. The zero-order valence-corrected chi connectivity index (χ0v) is 10.2. The Morgan fingerprint density at radius 3 is 2.63 bits per heavy atom. The molecule has 102 valence electrons. The molecule has 0 aliphatic carbocycles. The molecular weight excluding hydrogens is 263 g/mol. The lowest BCUT2D eigenvalue weighted by Gasteiger charge is -2.02. The van der Waals surface area contributed by atoms with Crippen LogP contribution in [-0.2, 0) is 6.18 Å². The van der Waals surface area contributed by atoms with Crippen molar-refractivity contribution in [2.75, 3.05) is 7.11 Å². The summed E-state index contributed by atoms with van der Waals surface area (Å²) in [5.41, 5.74) is -0.228. The summed E-state index contributed by atoms with van der Waals surface area (Å²) in [6.45, 7) is 1.61. The molecule has 0 atom stereocenters. The van der Waals surface area contributed by atoms with Crippen molar-refractivity contribution in [1.82, 2.24) is 4.98 Å². The van der Waals surface area contributed by atoms with Gasteiger partial charge in [0.25, 0.3) is 0 Å². The highest BCUT2D eigenvalue weighted by atomic mass is 19.4. The van der Waals surface area contributed by atoms with E-state index < -0.39 is 12.1 Å². The van der Waals surface area contributed by atoms with Crippen molar-refractivity contribution >= 4 is 16.9 Å². The van der Waals surface area contributed by atoms with Crippen molar-refractivity contribution in [2.45, 2.75) is 19.5 Å². The minimum Gasteiger partial charge on any atom is -0.494 e. The minimum absolute atomic E-state index is 0.0706. The number of methoxy groups -OCH3 is 1. The number of halogens is 3. The van der Waals surface area contributed by atoms with Crippen molar-refractivity contribution < 1.29 is 27.1 Å². The van der Waals surface area contributed by atoms with Crippen molar-refractivity contribution in [3.05, 3.63) is 23.6 Å². The molecule has 0 saturated heterocycles. The average molecular weight is 273 g/mol. The second kappa shape index (κ2) is 4.56. The highest BCUT2D eigenvalue weighted by molar-refractivity contribution is 6.06. The Balaban J connectivity index is 2.74. The van der Waals surface area contributed by atoms with Crippen molar-refractivity contribution in [2.24, 2.45) is 0 Å². The summed E-state index contributed by atoms with van der Waals surface area (Å²) in [7, 11) is 1.30. The van der Waals surface area contributed by atoms with E-state index in [0.29, 0.717) is 0 Å². The highest BCUT2D eigenvalue weighted by Crippen LogP contribution is 2.35. The van der Waals surface area contributed by atoms with Crippen LogP contribution in [0.4, 0.5) is 13.2 Å². The first-order chi connectivity index (χ1) is 8.88. The number of ketones is 1. The molecule has 0 N–H and O–H groups in total. The van der Waals surface area contributed by atoms with Gasteiger partial charge in [-0.05, 0) is 12.1 Å². The van der Waals surface area contributed by atoms with E-state index >= 15 is 0 Å². The molecule has 19 heavy (non-hydrogen) atoms. The van der Waals surface area contributed by atoms with Crippen LogP contribution >= 0.6 is 0 Å². The number of ether oxygens (including phenoxy) is 1. The van der Waals surface area contributed by atoms with Crippen LogP contribution in [0.2, 0.25) is 0 Å². The summed E-state index contributed by atoms with van der Waals surface area (Å²) in [6, 6.07) is 2.77. The van der Waals surface area contributed by atoms with Crippen LogP contribution in [0.3, 0.4) is 0 Å². The Kier molecular flexibility index (Phi) is 3.21. The Bertz CT molecular complexity index is 631. The van der Waals surface area contributed by atoms with Crippen LogP contribution in [0.5, 0.6) is 5.75 Å². The van der Waals surface area contributed by atoms with Gasteiger partial charge in [0.15, 0.2) is 16.9 Å². The Hall–Kier alpha value is -2.05. The quantitative estimate of drug-likeness (QED) is 0.804. The second-order valence-corrected chi connectivity index (χ2v) is 3.79. The summed E-state index contributed by atoms with van der Waals surface area (Å²) in [5, 5.41) is 0. The van der Waals surface area contributed by atoms with E-state index in [2.05, 4.69) is 4.98 Å². The lowest BCUT2D eigenvalue weighted by Crippen LogP contribution is -2.04. The number of alkyl halides is 3. The van der Waals surface area contributed by atoms with Gasteiger partial charge >= 0.3 is 12.1 Å². The van der Waals surface area contributed by atoms with E-state index in [9.17, 15) is 18.0 Å². The van der Waals surface area contributed by atoms with Crippen LogP contribution in [0.25, 0.3) is 11.1 Å². The smallest absolute Gasteiger partial charge is 0.468 e. The van der Waals surface area contributed by atoms with E-state index in [1.54, 1.807) is 6.92 Å². The molecule has 0 aliphatic heterocycles. The number of Topliss-reactive ketones (excluding diaryl/α,β-unsaturated/α-hetero) is 1. The van der Waals surface area contributed by atoms with E-state index in [1.807, 2.05) is 0 Å². The number of nitrogens with zero attached hydrogens (tertiary/aromatic N) is 1. The van der Waals surface area contributed by atoms with Gasteiger partial charge in [-0.1, -0.05) is 6.92 Å². The number of carbonyl (C=O) groups excluding carboxylic acids is 1. The van der Waals surface area contributed by atoms with Crippen molar-refractivity contribution in [3.63, 3.8) is 0 Å². The van der Waals surface area contributed by atoms with Gasteiger partial charge in [0.05, 0.1) is 12.7 Å². The zero-order chi connectivity index (χ0) is 14.2. The normalized spacial score (nSPS) is 11.8. The lowest BCUT2D eigenvalue weighted by atomic mass is 10.1. The van der Waals surface area contributed by atoms with Gasteiger partial charge in [-0.3, -0.25) is 4.79 Å². The standard InChI is InChI=1S/C12H10F3NO3/c1-3-7(17)6-4-5-8(18-2)9-10(6)19-11(16-9)12(13,14)15/h4-5H,3H2,1-2H3. The molecule has 0 amide bonds. The Morgan fingerprint density at radius 2 is 2.11 bits per heavy atom. The maximum absolute atomic E-state index is 12.6. The van der Waals surface area contributed by atoms with E-state index in [4.69, 9.17) is 9.15 Å². The van der Waals surface area contributed by atoms with Crippen LogP contribution < -0.4 is 4.74 Å². The van der Waals surface area contributed by atoms with Crippen molar-refractivity contribution in [1.29, 1.82) is 0 Å². The maximum atomic E-state index is 12.6. The zero-order valence-electron chi connectivity index (χ0n) is 10.2. The molecular formula is C12H10F3NO3. The van der Waals surface area contributed by atoms with E-state index in [1.165, 1.54) is 19.2 Å². The van der Waals surface area contributed by atoms with Gasteiger partial charge in [-0.15, -0.1) is 0 Å². The fourth-order valence-electron chi connectivity index (χ4n) is 1.68. The van der Waals surface area contributed by atoms with Crippen LogP contribution in [0.1, 0.15) is 29.6 Å². The maximum Gasteiger partial charge on any atom is 0.468 e. The topological polar surface area (TPSA) is 52.3 Å². The molecule has 2 aromatic rings. The van der Waals surface area contributed by atoms with Crippen LogP contribution in [0.15, 0.2) is 16.5 Å². The minimum atomic E-state index is -4.71. The summed E-state index contributed by atoms with van der Waals surface area (Å²) in [5.74, 6) is -1.59. The number of benzene rings is 1. The monoisotopic (exact) mass is 273 g/mol. The average Bonchev–Trinajstić information content (AvgIpc) is 2.81. The van der Waals surface area contributed by atoms with Crippen LogP contribution in [0, 0.1) is 0 Å². The van der Waals surface area contributed by atoms with E-state index in [-0.39, 0.29) is 34.6 Å². The Labute approximate surface area is 106 Å². The van der Waals surface area contributed by atoms with Gasteiger partial charge in [-0.2, -0.15) is 13.2 Å². The first-order valence-corrected chi connectivity index (χ1v) is 5.46. The second-order valence-electron chi connectivity index (χ2n) is 3.79. The molecule has 1 aromatic carbocycles. The Morgan fingerprint density at radius 1 is 1.42 bits per heavy atom. The SMILES string of the molecule is CCC(=O)c1ccc(OC)c2nc(C(F)(F)F)oc12. The third-order valence-electron chi connectivity index (χ3n) is 2.59. The lowest BCUT2D eigenvalue weighted by molar-refractivity contribution is -0.156. The molecule has 0 saturated carbocycles.